The Labute approximate surface area is 113 Å². The predicted molar refractivity (Wildman–Crippen MR) is 74.7 cm³/mol. The summed E-state index contributed by atoms with van der Waals surface area (Å²) in [6.07, 6.45) is 4.06. The van der Waals surface area contributed by atoms with Crippen LogP contribution >= 0.6 is 11.8 Å². The number of hydrogen-bond donors (Lipinski definition) is 3. The molecule has 0 aromatic carbocycles. The lowest BCUT2D eigenvalue weighted by Crippen LogP contribution is -2.46. The van der Waals surface area contributed by atoms with E-state index in [1.54, 1.807) is 11.8 Å². The number of carboxylic acids is 1. The highest BCUT2D eigenvalue weighted by molar-refractivity contribution is 8.00. The molecule has 0 radical (unpaired) electrons. The maximum absolute atomic E-state index is 11.7. The summed E-state index contributed by atoms with van der Waals surface area (Å²) >= 11 is 1.74. The third-order valence-corrected chi connectivity index (χ3v) is 4.90. The SMILES string of the molecule is CCC(CC)(CNC(=O)C(N)CCC(=O)O)SC. The minimum absolute atomic E-state index is 0.0438. The number of rotatable bonds is 9. The largest absolute Gasteiger partial charge is 0.481 e. The fourth-order valence-corrected chi connectivity index (χ4v) is 2.44. The van der Waals surface area contributed by atoms with Gasteiger partial charge in [0.05, 0.1) is 6.04 Å². The van der Waals surface area contributed by atoms with Crippen molar-refractivity contribution in [1.82, 2.24) is 5.32 Å². The smallest absolute Gasteiger partial charge is 0.303 e. The molecule has 0 aromatic heterocycles. The summed E-state index contributed by atoms with van der Waals surface area (Å²) in [6.45, 7) is 4.76. The Morgan fingerprint density at radius 3 is 2.33 bits per heavy atom. The summed E-state index contributed by atoms with van der Waals surface area (Å²) in [5.41, 5.74) is 5.64. The van der Waals surface area contributed by atoms with Crippen LogP contribution in [0.3, 0.4) is 0 Å². The van der Waals surface area contributed by atoms with Crippen molar-refractivity contribution in [2.75, 3.05) is 12.8 Å². The number of nitrogens with one attached hydrogen (secondary N) is 1. The number of carbonyl (C=O) groups excluding carboxylic acids is 1. The molecule has 0 aliphatic carbocycles. The van der Waals surface area contributed by atoms with E-state index in [0.29, 0.717) is 6.54 Å². The first kappa shape index (κ1) is 17.2. The van der Waals surface area contributed by atoms with E-state index in [1.807, 2.05) is 6.26 Å². The van der Waals surface area contributed by atoms with Crippen LogP contribution in [0.5, 0.6) is 0 Å². The molecule has 0 saturated carbocycles. The van der Waals surface area contributed by atoms with Crippen LogP contribution in [0.4, 0.5) is 0 Å². The van der Waals surface area contributed by atoms with E-state index < -0.39 is 12.0 Å². The van der Waals surface area contributed by atoms with Crippen molar-refractivity contribution in [1.29, 1.82) is 0 Å². The zero-order chi connectivity index (χ0) is 14.2. The van der Waals surface area contributed by atoms with Gasteiger partial charge in [0.25, 0.3) is 0 Å². The molecule has 0 fully saturated rings. The van der Waals surface area contributed by atoms with Crippen molar-refractivity contribution in [3.05, 3.63) is 0 Å². The minimum atomic E-state index is -0.932. The Kier molecular flexibility index (Phi) is 8.02. The van der Waals surface area contributed by atoms with E-state index in [2.05, 4.69) is 19.2 Å². The molecule has 1 amide bonds. The number of carbonyl (C=O) groups is 2. The molecule has 0 aromatic rings. The molecule has 0 aliphatic rings. The van der Waals surface area contributed by atoms with Gasteiger partial charge in [-0.3, -0.25) is 9.59 Å². The summed E-state index contributed by atoms with van der Waals surface area (Å²) < 4.78 is 0.0438. The van der Waals surface area contributed by atoms with Gasteiger partial charge in [0.1, 0.15) is 0 Å². The van der Waals surface area contributed by atoms with E-state index in [4.69, 9.17) is 10.8 Å². The van der Waals surface area contributed by atoms with Crippen LogP contribution < -0.4 is 11.1 Å². The highest BCUT2D eigenvalue weighted by atomic mass is 32.2. The highest BCUT2D eigenvalue weighted by Crippen LogP contribution is 2.29. The second-order valence-corrected chi connectivity index (χ2v) is 5.63. The number of thioether (sulfide) groups is 1. The zero-order valence-electron chi connectivity index (χ0n) is 11.4. The number of amides is 1. The van der Waals surface area contributed by atoms with Crippen molar-refractivity contribution in [2.24, 2.45) is 5.73 Å². The first-order valence-electron chi connectivity index (χ1n) is 6.21. The summed E-state index contributed by atoms with van der Waals surface area (Å²) in [6, 6.07) is -0.741. The lowest BCUT2D eigenvalue weighted by molar-refractivity contribution is -0.137. The first-order chi connectivity index (χ1) is 8.40. The Morgan fingerprint density at radius 1 is 1.39 bits per heavy atom. The lowest BCUT2D eigenvalue weighted by atomic mass is 10.0. The Morgan fingerprint density at radius 2 is 1.94 bits per heavy atom. The average molecular weight is 276 g/mol. The van der Waals surface area contributed by atoms with E-state index in [1.165, 1.54) is 0 Å². The van der Waals surface area contributed by atoms with Crippen LogP contribution in [0.1, 0.15) is 39.5 Å². The number of nitrogens with two attached hydrogens (primary N) is 1. The monoisotopic (exact) mass is 276 g/mol. The normalized spacial score (nSPS) is 13.1. The van der Waals surface area contributed by atoms with Gasteiger partial charge in [-0.2, -0.15) is 11.8 Å². The molecule has 5 nitrogen and oxygen atoms in total. The highest BCUT2D eigenvalue weighted by Gasteiger charge is 2.26. The van der Waals surface area contributed by atoms with Crippen molar-refractivity contribution < 1.29 is 14.7 Å². The van der Waals surface area contributed by atoms with E-state index in [9.17, 15) is 9.59 Å². The predicted octanol–water partition coefficient (Wildman–Crippen LogP) is 1.22. The number of aliphatic carboxylic acids is 1. The van der Waals surface area contributed by atoms with Gasteiger partial charge in [-0.05, 0) is 25.5 Å². The molecular formula is C12H24N2O3S. The molecule has 1 atom stereocenters. The lowest BCUT2D eigenvalue weighted by Gasteiger charge is -2.30. The average Bonchev–Trinajstić information content (AvgIpc) is 2.37. The van der Waals surface area contributed by atoms with Crippen molar-refractivity contribution in [2.45, 2.75) is 50.3 Å². The van der Waals surface area contributed by atoms with Crippen LogP contribution in [-0.2, 0) is 9.59 Å². The number of hydrogen-bond acceptors (Lipinski definition) is 4. The second-order valence-electron chi connectivity index (χ2n) is 4.35. The number of carboxylic acid groups (broad SMARTS) is 1. The van der Waals surface area contributed by atoms with Gasteiger partial charge >= 0.3 is 5.97 Å². The minimum Gasteiger partial charge on any atom is -0.481 e. The summed E-state index contributed by atoms with van der Waals surface area (Å²) in [4.78, 5) is 22.1. The van der Waals surface area contributed by atoms with Crippen LogP contribution in [0.2, 0.25) is 0 Å². The quantitative estimate of drug-likeness (QED) is 0.589. The molecule has 0 aliphatic heterocycles. The van der Waals surface area contributed by atoms with Crippen LogP contribution in [-0.4, -0.2) is 40.6 Å². The van der Waals surface area contributed by atoms with Gasteiger partial charge in [-0.15, -0.1) is 0 Å². The summed E-state index contributed by atoms with van der Waals surface area (Å²) in [5, 5.41) is 11.3. The van der Waals surface area contributed by atoms with Gasteiger partial charge < -0.3 is 16.2 Å². The molecular weight excluding hydrogens is 252 g/mol. The van der Waals surface area contributed by atoms with Crippen molar-refractivity contribution in [3.8, 4) is 0 Å². The molecule has 0 rings (SSSR count). The molecule has 0 spiro atoms. The molecule has 18 heavy (non-hydrogen) atoms. The third-order valence-electron chi connectivity index (χ3n) is 3.31. The van der Waals surface area contributed by atoms with Gasteiger partial charge in [0.2, 0.25) is 5.91 Å². The van der Waals surface area contributed by atoms with E-state index in [-0.39, 0.29) is 23.5 Å². The van der Waals surface area contributed by atoms with Crippen LogP contribution in [0.25, 0.3) is 0 Å². The maximum Gasteiger partial charge on any atom is 0.303 e. The fraction of sp³-hybridized carbons (Fsp3) is 0.833. The standard InChI is InChI=1S/C12H24N2O3S/c1-4-12(5-2,18-3)8-14-11(17)9(13)6-7-10(15)16/h9H,4-8,13H2,1-3H3,(H,14,17)(H,15,16). The van der Waals surface area contributed by atoms with Crippen LogP contribution in [0.15, 0.2) is 0 Å². The van der Waals surface area contributed by atoms with Gasteiger partial charge in [-0.25, -0.2) is 0 Å². The second kappa shape index (κ2) is 8.37. The zero-order valence-corrected chi connectivity index (χ0v) is 12.2. The molecule has 0 saturated heterocycles. The van der Waals surface area contributed by atoms with E-state index in [0.717, 1.165) is 12.8 Å². The molecule has 1 unspecified atom stereocenters. The van der Waals surface area contributed by atoms with Crippen molar-refractivity contribution >= 4 is 23.6 Å². The Hall–Kier alpha value is -0.750. The molecule has 4 N–H and O–H groups in total. The van der Waals surface area contributed by atoms with Gasteiger partial charge in [0, 0.05) is 17.7 Å². The molecule has 106 valence electrons. The maximum atomic E-state index is 11.7. The van der Waals surface area contributed by atoms with E-state index >= 15 is 0 Å². The molecule has 0 bridgehead atoms. The third kappa shape index (κ3) is 5.73. The van der Waals surface area contributed by atoms with Gasteiger partial charge in [0.15, 0.2) is 0 Å². The first-order valence-corrected chi connectivity index (χ1v) is 7.43. The van der Waals surface area contributed by atoms with Gasteiger partial charge in [-0.1, -0.05) is 13.8 Å². The van der Waals surface area contributed by atoms with Crippen LogP contribution in [0, 0.1) is 0 Å². The fourth-order valence-electron chi connectivity index (χ4n) is 1.65. The topological polar surface area (TPSA) is 92.4 Å². The Bertz CT molecular complexity index is 272. The summed E-state index contributed by atoms with van der Waals surface area (Å²) in [5.74, 6) is -1.20. The summed E-state index contributed by atoms with van der Waals surface area (Å²) in [7, 11) is 0. The molecule has 0 heterocycles. The van der Waals surface area contributed by atoms with Crippen molar-refractivity contribution in [3.63, 3.8) is 0 Å². The Balaban J connectivity index is 4.19. The molecule has 6 heteroatoms.